The van der Waals surface area contributed by atoms with E-state index in [2.05, 4.69) is 18.2 Å². The van der Waals surface area contributed by atoms with Crippen molar-refractivity contribution in [2.75, 3.05) is 0 Å². The minimum atomic E-state index is 0.654. The van der Waals surface area contributed by atoms with Crippen LogP contribution in [0, 0.1) is 11.8 Å². The lowest BCUT2D eigenvalue weighted by Crippen LogP contribution is -2.13. The maximum absolute atomic E-state index is 4.31. The highest BCUT2D eigenvalue weighted by molar-refractivity contribution is 8.68. The van der Waals surface area contributed by atoms with Crippen LogP contribution in [0.25, 0.3) is 0 Å². The molecule has 0 saturated heterocycles. The van der Waals surface area contributed by atoms with Gasteiger partial charge >= 0.3 is 0 Å². The summed E-state index contributed by atoms with van der Waals surface area (Å²) in [5.41, 5.74) is 1.49. The molecule has 0 heterocycles. The van der Waals surface area contributed by atoms with E-state index in [1.165, 1.54) is 37.7 Å². The Labute approximate surface area is 84.0 Å². The van der Waals surface area contributed by atoms with Gasteiger partial charge in [-0.25, -0.2) is 0 Å². The molecule has 0 aromatic heterocycles. The summed E-state index contributed by atoms with van der Waals surface area (Å²) < 4.78 is 0. The highest BCUT2D eigenvalue weighted by Crippen LogP contribution is 2.49. The molecule has 0 N–H and O–H groups in total. The van der Waals surface area contributed by atoms with Gasteiger partial charge in [-0.2, -0.15) is 0 Å². The summed E-state index contributed by atoms with van der Waals surface area (Å²) in [6.07, 6.45) is 7.04. The van der Waals surface area contributed by atoms with E-state index in [4.69, 9.17) is 0 Å². The van der Waals surface area contributed by atoms with Crippen molar-refractivity contribution >= 4 is 22.5 Å². The Kier molecular flexibility index (Phi) is 2.75. The fourth-order valence-electron chi connectivity index (χ4n) is 2.75. The Morgan fingerprint density at radius 2 is 2.08 bits per heavy atom. The molecular formula is C10H16S2. The summed E-state index contributed by atoms with van der Waals surface area (Å²) in [6.45, 7) is 4.22. The highest BCUT2D eigenvalue weighted by atomic mass is 33.1. The van der Waals surface area contributed by atoms with Crippen molar-refractivity contribution in [2.45, 2.75) is 37.4 Å². The molecule has 3 unspecified atom stereocenters. The molecular weight excluding hydrogens is 184 g/mol. The van der Waals surface area contributed by atoms with Crippen LogP contribution in [0.5, 0.6) is 0 Å². The molecule has 68 valence electrons. The molecule has 2 heteroatoms. The van der Waals surface area contributed by atoms with E-state index in [0.717, 1.165) is 11.8 Å². The van der Waals surface area contributed by atoms with Gasteiger partial charge < -0.3 is 0 Å². The first-order chi connectivity index (χ1) is 5.83. The second-order valence-electron chi connectivity index (χ2n) is 4.06. The Morgan fingerprint density at radius 1 is 1.33 bits per heavy atom. The van der Waals surface area contributed by atoms with Crippen LogP contribution < -0.4 is 0 Å². The van der Waals surface area contributed by atoms with E-state index >= 15 is 0 Å². The molecule has 2 rings (SSSR count). The summed E-state index contributed by atoms with van der Waals surface area (Å²) in [6, 6.07) is 0. The van der Waals surface area contributed by atoms with E-state index < -0.39 is 0 Å². The van der Waals surface area contributed by atoms with Gasteiger partial charge in [-0.15, -0.1) is 11.7 Å². The first kappa shape index (κ1) is 9.01. The second-order valence-corrected chi connectivity index (χ2v) is 5.47. The minimum Gasteiger partial charge on any atom is -0.111 e. The normalized spacial score (nSPS) is 41.4. The van der Waals surface area contributed by atoms with Crippen LogP contribution in [0.15, 0.2) is 12.2 Å². The molecule has 3 atom stereocenters. The maximum atomic E-state index is 4.31. The number of thiol groups is 1. The number of fused-ring (bicyclic) bond motifs is 1. The molecule has 2 saturated carbocycles. The van der Waals surface area contributed by atoms with Crippen molar-refractivity contribution in [1.29, 1.82) is 0 Å². The SMILES string of the molecule is C=C1C(SS)CC2CCCCC12. The molecule has 0 amide bonds. The minimum absolute atomic E-state index is 0.654. The lowest BCUT2D eigenvalue weighted by Gasteiger charge is -2.25. The van der Waals surface area contributed by atoms with Crippen LogP contribution in [0.1, 0.15) is 32.1 Å². The van der Waals surface area contributed by atoms with E-state index in [1.807, 2.05) is 0 Å². The fraction of sp³-hybridized carbons (Fsp3) is 0.800. The zero-order valence-electron chi connectivity index (χ0n) is 7.33. The lowest BCUT2D eigenvalue weighted by atomic mass is 9.81. The first-order valence-electron chi connectivity index (χ1n) is 4.82. The van der Waals surface area contributed by atoms with Crippen molar-refractivity contribution in [2.24, 2.45) is 11.8 Å². The molecule has 0 aromatic rings. The average molecular weight is 200 g/mol. The Balaban J connectivity index is 2.08. The van der Waals surface area contributed by atoms with Gasteiger partial charge in [0.15, 0.2) is 0 Å². The third-order valence-corrected chi connectivity index (χ3v) is 4.96. The van der Waals surface area contributed by atoms with Gasteiger partial charge in [-0.05, 0) is 31.1 Å². The summed E-state index contributed by atoms with van der Waals surface area (Å²) in [5, 5.41) is 0.654. The van der Waals surface area contributed by atoms with Crippen LogP contribution in [0.3, 0.4) is 0 Å². The van der Waals surface area contributed by atoms with Gasteiger partial charge in [0, 0.05) is 5.25 Å². The predicted octanol–water partition coefficient (Wildman–Crippen LogP) is 3.70. The third kappa shape index (κ3) is 1.44. The topological polar surface area (TPSA) is 0 Å². The molecule has 0 nitrogen and oxygen atoms in total. The van der Waals surface area contributed by atoms with Gasteiger partial charge in [0.1, 0.15) is 0 Å². The summed E-state index contributed by atoms with van der Waals surface area (Å²) in [7, 11) is 1.70. The van der Waals surface area contributed by atoms with Gasteiger partial charge in [0.2, 0.25) is 0 Å². The van der Waals surface area contributed by atoms with E-state index in [0.29, 0.717) is 5.25 Å². The van der Waals surface area contributed by atoms with Gasteiger partial charge in [-0.3, -0.25) is 0 Å². The quantitative estimate of drug-likeness (QED) is 0.382. The average Bonchev–Trinajstić information content (AvgIpc) is 2.44. The van der Waals surface area contributed by atoms with E-state index in [-0.39, 0.29) is 0 Å². The highest BCUT2D eigenvalue weighted by Gasteiger charge is 2.38. The zero-order valence-corrected chi connectivity index (χ0v) is 9.04. The molecule has 0 bridgehead atoms. The lowest BCUT2D eigenvalue weighted by molar-refractivity contribution is 0.303. The van der Waals surface area contributed by atoms with Gasteiger partial charge in [0.25, 0.3) is 0 Å². The van der Waals surface area contributed by atoms with E-state index in [1.54, 1.807) is 10.8 Å². The Morgan fingerprint density at radius 3 is 2.75 bits per heavy atom. The van der Waals surface area contributed by atoms with Crippen molar-refractivity contribution in [3.8, 4) is 0 Å². The van der Waals surface area contributed by atoms with E-state index in [9.17, 15) is 0 Å². The van der Waals surface area contributed by atoms with Crippen molar-refractivity contribution in [3.05, 3.63) is 12.2 Å². The summed E-state index contributed by atoms with van der Waals surface area (Å²) in [4.78, 5) is 0. The molecule has 0 aliphatic heterocycles. The van der Waals surface area contributed by atoms with Crippen molar-refractivity contribution < 1.29 is 0 Å². The van der Waals surface area contributed by atoms with Crippen molar-refractivity contribution in [1.82, 2.24) is 0 Å². The molecule has 12 heavy (non-hydrogen) atoms. The Bertz CT molecular complexity index is 188. The van der Waals surface area contributed by atoms with Crippen LogP contribution >= 0.6 is 22.5 Å². The molecule has 2 fully saturated rings. The van der Waals surface area contributed by atoms with Crippen LogP contribution in [0.4, 0.5) is 0 Å². The molecule has 0 aromatic carbocycles. The second kappa shape index (κ2) is 3.67. The largest absolute Gasteiger partial charge is 0.111 e. The molecule has 2 aliphatic carbocycles. The standard InChI is InChI=1S/C10H16S2/c1-7-9-5-3-2-4-8(9)6-10(7)12-11/h8-11H,1-6H2. The van der Waals surface area contributed by atoms with Crippen LogP contribution in [-0.2, 0) is 0 Å². The first-order valence-corrected chi connectivity index (χ1v) is 6.75. The molecule has 2 aliphatic rings. The smallest absolute Gasteiger partial charge is 0.0361 e. The van der Waals surface area contributed by atoms with Crippen LogP contribution in [-0.4, -0.2) is 5.25 Å². The maximum Gasteiger partial charge on any atom is 0.0361 e. The molecule has 0 radical (unpaired) electrons. The van der Waals surface area contributed by atoms with Crippen LogP contribution in [0.2, 0.25) is 0 Å². The third-order valence-electron chi connectivity index (χ3n) is 3.44. The summed E-state index contributed by atoms with van der Waals surface area (Å²) in [5.74, 6) is 1.80. The van der Waals surface area contributed by atoms with Gasteiger partial charge in [-0.1, -0.05) is 35.8 Å². The number of hydrogen-bond acceptors (Lipinski definition) is 2. The predicted molar refractivity (Wildman–Crippen MR) is 59.6 cm³/mol. The molecule has 0 spiro atoms. The monoisotopic (exact) mass is 200 g/mol. The zero-order chi connectivity index (χ0) is 8.55. The number of rotatable bonds is 1. The fourth-order valence-corrected chi connectivity index (χ4v) is 4.06. The Hall–Kier alpha value is 0.440. The number of hydrogen-bond donors (Lipinski definition) is 1. The van der Waals surface area contributed by atoms with Gasteiger partial charge in [0.05, 0.1) is 0 Å². The summed E-state index contributed by atoms with van der Waals surface area (Å²) >= 11 is 4.31. The van der Waals surface area contributed by atoms with Crippen molar-refractivity contribution in [3.63, 3.8) is 0 Å².